The Morgan fingerprint density at radius 2 is 1.21 bits per heavy atom. The highest BCUT2D eigenvalue weighted by Gasteiger charge is 2.43. The molecule has 1 rings (SSSR count). The fourth-order valence-corrected chi connectivity index (χ4v) is 5.14. The molecule has 2 N–H and O–H groups in total. The molecule has 0 radical (unpaired) electrons. The predicted octanol–water partition coefficient (Wildman–Crippen LogP) is -5.61. The van der Waals surface area contributed by atoms with Crippen molar-refractivity contribution >= 4 is 19.7 Å². The van der Waals surface area contributed by atoms with Gasteiger partial charge < -0.3 is 22.3 Å². The second kappa shape index (κ2) is 4.46. The molecule has 86 valence electrons. The first kappa shape index (κ1) is 14.3. The number of hydrogen-bond donors (Lipinski definition) is 1. The summed E-state index contributed by atoms with van der Waals surface area (Å²) in [6, 6.07) is 0. The van der Waals surface area contributed by atoms with E-state index in [1.54, 1.807) is 5.32 Å². The standard InChI is InChI=1S/C6H13NO4S2.BrH/c1-12(8,9)5-3-7-4-6(5)13(2,10)11;/h5-7H,3-4H2,1-2H3;1H. The van der Waals surface area contributed by atoms with E-state index in [-0.39, 0.29) is 17.0 Å². The molecule has 2 unspecified atom stereocenters. The molecule has 2 atom stereocenters. The summed E-state index contributed by atoms with van der Waals surface area (Å²) in [5, 5.41) is 0.266. The minimum absolute atomic E-state index is 0. The first-order valence-electron chi connectivity index (χ1n) is 3.92. The summed E-state index contributed by atoms with van der Waals surface area (Å²) < 4.78 is 44.8. The van der Waals surface area contributed by atoms with E-state index in [4.69, 9.17) is 0 Å². The predicted molar refractivity (Wildman–Crippen MR) is 48.9 cm³/mol. The third-order valence-electron chi connectivity index (χ3n) is 2.31. The van der Waals surface area contributed by atoms with Crippen molar-refractivity contribution in [3.05, 3.63) is 0 Å². The van der Waals surface area contributed by atoms with Gasteiger partial charge in [0, 0.05) is 12.5 Å². The maximum atomic E-state index is 11.2. The van der Waals surface area contributed by atoms with E-state index in [0.29, 0.717) is 13.1 Å². The van der Waals surface area contributed by atoms with Gasteiger partial charge in [-0.2, -0.15) is 0 Å². The van der Waals surface area contributed by atoms with Crippen LogP contribution in [-0.2, 0) is 19.7 Å². The van der Waals surface area contributed by atoms with Crippen LogP contribution in [0, 0.1) is 0 Å². The lowest BCUT2D eigenvalue weighted by molar-refractivity contribution is -0.634. The van der Waals surface area contributed by atoms with Gasteiger partial charge in [0.1, 0.15) is 10.5 Å². The van der Waals surface area contributed by atoms with Crippen molar-refractivity contribution in [1.29, 1.82) is 0 Å². The molecule has 1 aliphatic rings. The van der Waals surface area contributed by atoms with Crippen molar-refractivity contribution in [3.8, 4) is 0 Å². The van der Waals surface area contributed by atoms with Crippen LogP contribution in [0.5, 0.6) is 0 Å². The van der Waals surface area contributed by atoms with Gasteiger partial charge in [-0.3, -0.25) is 0 Å². The fraction of sp³-hybridized carbons (Fsp3) is 1.00. The molecule has 0 aromatic rings. The molecule has 5 nitrogen and oxygen atoms in total. The third kappa shape index (κ3) is 3.18. The number of halogens is 1. The van der Waals surface area contributed by atoms with Crippen LogP contribution in [0.3, 0.4) is 0 Å². The molecular weight excluding hydrogens is 294 g/mol. The highest BCUT2D eigenvalue weighted by atomic mass is 79.9. The van der Waals surface area contributed by atoms with Crippen LogP contribution >= 0.6 is 0 Å². The first-order valence-corrected chi connectivity index (χ1v) is 7.83. The molecule has 1 fully saturated rings. The van der Waals surface area contributed by atoms with Gasteiger partial charge in [0.05, 0.1) is 13.1 Å². The number of sulfone groups is 2. The van der Waals surface area contributed by atoms with Gasteiger partial charge in [0.15, 0.2) is 19.7 Å². The van der Waals surface area contributed by atoms with E-state index in [0.717, 1.165) is 12.5 Å². The average Bonchev–Trinajstić information content (AvgIpc) is 2.27. The van der Waals surface area contributed by atoms with Crippen LogP contribution in [0.15, 0.2) is 0 Å². The lowest BCUT2D eigenvalue weighted by atomic mass is 10.4. The molecule has 0 aromatic carbocycles. The van der Waals surface area contributed by atoms with Crippen molar-refractivity contribution < 1.29 is 39.1 Å². The Balaban J connectivity index is 0.00000169. The Morgan fingerprint density at radius 3 is 1.43 bits per heavy atom. The monoisotopic (exact) mass is 307 g/mol. The second-order valence-corrected chi connectivity index (χ2v) is 8.03. The average molecular weight is 308 g/mol. The molecule has 1 saturated heterocycles. The van der Waals surface area contributed by atoms with Crippen molar-refractivity contribution in [3.63, 3.8) is 0 Å². The largest absolute Gasteiger partial charge is 1.00 e. The molecule has 0 aliphatic carbocycles. The quantitative estimate of drug-likeness (QED) is 0.551. The van der Waals surface area contributed by atoms with E-state index in [1.165, 1.54) is 0 Å². The molecule has 0 aromatic heterocycles. The zero-order valence-electron chi connectivity index (χ0n) is 7.97. The topological polar surface area (TPSA) is 84.9 Å². The van der Waals surface area contributed by atoms with E-state index >= 15 is 0 Å². The highest BCUT2D eigenvalue weighted by Crippen LogP contribution is 2.13. The number of quaternary nitrogens is 1. The number of rotatable bonds is 2. The number of hydrogen-bond acceptors (Lipinski definition) is 4. The van der Waals surface area contributed by atoms with Crippen LogP contribution in [-0.4, -0.2) is 52.9 Å². The Bertz CT molecular complexity index is 350. The summed E-state index contributed by atoms with van der Waals surface area (Å²) in [5.41, 5.74) is 0. The fourth-order valence-electron chi connectivity index (χ4n) is 1.63. The van der Waals surface area contributed by atoms with Gasteiger partial charge in [-0.15, -0.1) is 0 Å². The van der Waals surface area contributed by atoms with Crippen LogP contribution in [0.2, 0.25) is 0 Å². The van der Waals surface area contributed by atoms with Gasteiger partial charge >= 0.3 is 0 Å². The van der Waals surface area contributed by atoms with Gasteiger partial charge in [0.2, 0.25) is 0 Å². The Kier molecular flexibility index (Phi) is 4.57. The van der Waals surface area contributed by atoms with Crippen molar-refractivity contribution in [1.82, 2.24) is 0 Å². The molecular formula is C6H14BrNO4S2. The van der Waals surface area contributed by atoms with Gasteiger partial charge in [0.25, 0.3) is 0 Å². The summed E-state index contributed by atoms with van der Waals surface area (Å²) in [7, 11) is -6.49. The Labute approximate surface area is 94.9 Å². The van der Waals surface area contributed by atoms with E-state index < -0.39 is 30.2 Å². The van der Waals surface area contributed by atoms with Crippen LogP contribution in [0.1, 0.15) is 0 Å². The minimum Gasteiger partial charge on any atom is -1.00 e. The summed E-state index contributed by atoms with van der Waals surface area (Å²) in [6.45, 7) is 0.715. The SMILES string of the molecule is CS(=O)(=O)C1C[NH2+]CC1S(C)(=O)=O.[Br-]. The zero-order valence-corrected chi connectivity index (χ0v) is 11.2. The highest BCUT2D eigenvalue weighted by molar-refractivity contribution is 7.95. The molecule has 14 heavy (non-hydrogen) atoms. The molecule has 0 saturated carbocycles. The zero-order chi connectivity index (χ0) is 10.3. The molecule has 8 heteroatoms. The Morgan fingerprint density at radius 1 is 0.929 bits per heavy atom. The third-order valence-corrected chi connectivity index (χ3v) is 5.73. The summed E-state index contributed by atoms with van der Waals surface area (Å²) >= 11 is 0. The molecule has 1 aliphatic heterocycles. The lowest BCUT2D eigenvalue weighted by Crippen LogP contribution is -3.00. The summed E-state index contributed by atoms with van der Waals surface area (Å²) in [6.07, 6.45) is 2.18. The van der Waals surface area contributed by atoms with E-state index in [1.807, 2.05) is 0 Å². The van der Waals surface area contributed by atoms with Crippen LogP contribution in [0.25, 0.3) is 0 Å². The van der Waals surface area contributed by atoms with Crippen molar-refractivity contribution in [2.24, 2.45) is 0 Å². The number of nitrogens with two attached hydrogens (primary N) is 1. The molecule has 0 amide bonds. The van der Waals surface area contributed by atoms with Crippen LogP contribution in [0.4, 0.5) is 0 Å². The second-order valence-electron chi connectivity index (χ2n) is 3.50. The van der Waals surface area contributed by atoms with E-state index in [2.05, 4.69) is 0 Å². The minimum atomic E-state index is -3.25. The maximum absolute atomic E-state index is 11.2. The Hall–Kier alpha value is 0.340. The van der Waals surface area contributed by atoms with E-state index in [9.17, 15) is 16.8 Å². The molecule has 0 spiro atoms. The first-order chi connectivity index (χ1) is 5.73. The molecule has 1 heterocycles. The van der Waals surface area contributed by atoms with Crippen LogP contribution < -0.4 is 22.3 Å². The van der Waals surface area contributed by atoms with Crippen molar-refractivity contribution in [2.45, 2.75) is 10.5 Å². The normalized spacial score (nSPS) is 28.4. The maximum Gasteiger partial charge on any atom is 0.157 e. The van der Waals surface area contributed by atoms with Gasteiger partial charge in [-0.1, -0.05) is 0 Å². The molecule has 0 bridgehead atoms. The van der Waals surface area contributed by atoms with Gasteiger partial charge in [-0.05, 0) is 0 Å². The summed E-state index contributed by atoms with van der Waals surface area (Å²) in [4.78, 5) is 0. The van der Waals surface area contributed by atoms with Crippen molar-refractivity contribution in [2.75, 3.05) is 25.6 Å². The smallest absolute Gasteiger partial charge is 0.157 e. The lowest BCUT2D eigenvalue weighted by Gasteiger charge is -2.11. The van der Waals surface area contributed by atoms with Gasteiger partial charge in [-0.25, -0.2) is 16.8 Å². The summed E-state index contributed by atoms with van der Waals surface area (Å²) in [5.74, 6) is 0.